The maximum absolute atomic E-state index is 12.4. The maximum atomic E-state index is 12.4. The molecule has 1 aliphatic rings. The zero-order valence-electron chi connectivity index (χ0n) is 15.2. The van der Waals surface area contributed by atoms with Crippen molar-refractivity contribution in [1.29, 1.82) is 0 Å². The summed E-state index contributed by atoms with van der Waals surface area (Å²) in [4.78, 5) is 37.9. The molecule has 27 heavy (non-hydrogen) atoms. The monoisotopic (exact) mass is 366 g/mol. The Morgan fingerprint density at radius 2 is 1.85 bits per heavy atom. The fraction of sp³-hybridized carbons (Fsp3) is 0.286. The van der Waals surface area contributed by atoms with Gasteiger partial charge in [-0.05, 0) is 48.7 Å². The van der Waals surface area contributed by atoms with Gasteiger partial charge in [0.15, 0.2) is 0 Å². The number of methoxy groups -OCH3 is 1. The first-order valence-electron chi connectivity index (χ1n) is 8.94. The minimum atomic E-state index is -0.483. The van der Waals surface area contributed by atoms with Crippen LogP contribution in [0.5, 0.6) is 0 Å². The smallest absolute Gasteiger partial charge is 0.337 e. The fourth-order valence-electron chi connectivity index (χ4n) is 3.10. The minimum absolute atomic E-state index is 0.141. The summed E-state index contributed by atoms with van der Waals surface area (Å²) in [5, 5.41) is 2.85. The Bertz CT molecular complexity index is 863. The van der Waals surface area contributed by atoms with Crippen molar-refractivity contribution < 1.29 is 19.1 Å². The summed E-state index contributed by atoms with van der Waals surface area (Å²) in [7, 11) is 1.30. The van der Waals surface area contributed by atoms with E-state index in [0.29, 0.717) is 24.1 Å². The second kappa shape index (κ2) is 8.49. The Kier molecular flexibility index (Phi) is 5.86. The largest absolute Gasteiger partial charge is 0.465 e. The molecule has 1 fully saturated rings. The molecule has 6 heteroatoms. The molecule has 0 saturated carbocycles. The van der Waals surface area contributed by atoms with Gasteiger partial charge in [-0.3, -0.25) is 9.59 Å². The summed E-state index contributed by atoms with van der Waals surface area (Å²) >= 11 is 0. The molecule has 1 aliphatic heterocycles. The van der Waals surface area contributed by atoms with Crippen molar-refractivity contribution in [1.82, 2.24) is 5.32 Å². The summed E-state index contributed by atoms with van der Waals surface area (Å²) in [6.45, 7) is 1.06. The highest BCUT2D eigenvalue weighted by molar-refractivity contribution is 5.98. The van der Waals surface area contributed by atoms with Crippen LogP contribution in [0.4, 0.5) is 5.69 Å². The number of rotatable bonds is 5. The van der Waals surface area contributed by atoms with Crippen LogP contribution in [0.3, 0.4) is 0 Å². The van der Waals surface area contributed by atoms with Gasteiger partial charge in [0, 0.05) is 30.8 Å². The zero-order chi connectivity index (χ0) is 19.2. The van der Waals surface area contributed by atoms with Crippen LogP contribution in [-0.2, 0) is 16.1 Å². The summed E-state index contributed by atoms with van der Waals surface area (Å²) in [5.74, 6) is -0.620. The topological polar surface area (TPSA) is 75.7 Å². The van der Waals surface area contributed by atoms with Crippen molar-refractivity contribution in [2.45, 2.75) is 25.8 Å². The van der Waals surface area contributed by atoms with Gasteiger partial charge >= 0.3 is 5.97 Å². The van der Waals surface area contributed by atoms with Gasteiger partial charge in [0.05, 0.1) is 12.7 Å². The predicted octanol–water partition coefficient (Wildman–Crippen LogP) is 2.92. The molecule has 2 aromatic rings. The van der Waals surface area contributed by atoms with E-state index in [4.69, 9.17) is 0 Å². The van der Waals surface area contributed by atoms with Gasteiger partial charge in [-0.2, -0.15) is 0 Å². The van der Waals surface area contributed by atoms with Crippen LogP contribution >= 0.6 is 0 Å². The minimum Gasteiger partial charge on any atom is -0.465 e. The van der Waals surface area contributed by atoms with Crippen LogP contribution in [0.2, 0.25) is 0 Å². The van der Waals surface area contributed by atoms with Crippen molar-refractivity contribution >= 4 is 23.5 Å². The van der Waals surface area contributed by atoms with Crippen molar-refractivity contribution in [2.75, 3.05) is 18.6 Å². The Labute approximate surface area is 158 Å². The van der Waals surface area contributed by atoms with Crippen molar-refractivity contribution in [3.63, 3.8) is 0 Å². The Hall–Kier alpha value is -3.15. The van der Waals surface area contributed by atoms with Crippen LogP contribution < -0.4 is 10.2 Å². The third kappa shape index (κ3) is 4.53. The number of ether oxygens (including phenoxy) is 1. The quantitative estimate of drug-likeness (QED) is 0.826. The number of carbonyl (C=O) groups is 3. The number of amides is 2. The molecule has 140 valence electrons. The molecule has 0 radical (unpaired) electrons. The summed E-state index contributed by atoms with van der Waals surface area (Å²) in [6, 6.07) is 14.0. The van der Waals surface area contributed by atoms with Crippen molar-refractivity contribution in [3.8, 4) is 0 Å². The number of anilines is 1. The predicted molar refractivity (Wildman–Crippen MR) is 102 cm³/mol. The van der Waals surface area contributed by atoms with Crippen molar-refractivity contribution in [3.05, 3.63) is 65.2 Å². The number of carbonyl (C=O) groups excluding carboxylic acids is 3. The van der Waals surface area contributed by atoms with E-state index in [9.17, 15) is 14.4 Å². The van der Waals surface area contributed by atoms with E-state index in [1.165, 1.54) is 13.2 Å². The molecule has 2 amide bonds. The number of nitrogens with one attached hydrogen (secondary N) is 1. The number of esters is 1. The van der Waals surface area contributed by atoms with Crippen LogP contribution in [0.15, 0.2) is 48.5 Å². The molecule has 0 aliphatic carbocycles. The molecule has 0 atom stereocenters. The average Bonchev–Trinajstić information content (AvgIpc) is 2.72. The van der Waals surface area contributed by atoms with Gasteiger partial charge in [-0.25, -0.2) is 4.79 Å². The van der Waals surface area contributed by atoms with E-state index in [1.54, 1.807) is 23.1 Å². The van der Waals surface area contributed by atoms with Gasteiger partial charge in [0.25, 0.3) is 5.91 Å². The maximum Gasteiger partial charge on any atom is 0.337 e. The zero-order valence-corrected chi connectivity index (χ0v) is 15.2. The van der Waals surface area contributed by atoms with Gasteiger partial charge in [0.2, 0.25) is 5.91 Å². The van der Waals surface area contributed by atoms with Crippen LogP contribution in [-0.4, -0.2) is 31.4 Å². The highest BCUT2D eigenvalue weighted by atomic mass is 16.5. The first-order chi connectivity index (χ1) is 13.1. The normalized spacial score (nSPS) is 14.0. The number of hydrogen-bond acceptors (Lipinski definition) is 4. The van der Waals surface area contributed by atoms with E-state index >= 15 is 0 Å². The lowest BCUT2D eigenvalue weighted by Gasteiger charge is -2.27. The van der Waals surface area contributed by atoms with E-state index in [2.05, 4.69) is 10.1 Å². The van der Waals surface area contributed by atoms with Crippen molar-refractivity contribution in [2.24, 2.45) is 0 Å². The van der Waals surface area contributed by atoms with Crippen LogP contribution in [0.25, 0.3) is 0 Å². The summed E-state index contributed by atoms with van der Waals surface area (Å²) in [6.07, 6.45) is 2.52. The molecule has 1 saturated heterocycles. The first kappa shape index (κ1) is 18.6. The standard InChI is InChI=1S/C21H22N2O4/c1-27-21(26)17-8-5-7-16(13-17)20(25)22-14-15-6-4-9-18(12-15)23-11-3-2-10-19(23)24/h4-9,12-13H,2-3,10-11,14H2,1H3,(H,22,25). The molecule has 3 rings (SSSR count). The molecule has 1 heterocycles. The lowest BCUT2D eigenvalue weighted by molar-refractivity contribution is -0.119. The third-order valence-electron chi connectivity index (χ3n) is 4.54. The Balaban J connectivity index is 1.66. The molecule has 6 nitrogen and oxygen atoms in total. The second-order valence-electron chi connectivity index (χ2n) is 6.43. The molecule has 0 unspecified atom stereocenters. The lowest BCUT2D eigenvalue weighted by atomic mass is 10.1. The molecular weight excluding hydrogens is 344 g/mol. The highest BCUT2D eigenvalue weighted by Gasteiger charge is 2.19. The molecule has 2 aromatic carbocycles. The summed E-state index contributed by atoms with van der Waals surface area (Å²) in [5.41, 5.74) is 2.48. The number of benzene rings is 2. The fourth-order valence-corrected chi connectivity index (χ4v) is 3.10. The molecule has 0 spiro atoms. The Morgan fingerprint density at radius 3 is 2.63 bits per heavy atom. The molecular formula is C21H22N2O4. The van der Waals surface area contributed by atoms with Gasteiger partial charge in [0.1, 0.15) is 0 Å². The Morgan fingerprint density at radius 1 is 1.07 bits per heavy atom. The van der Waals surface area contributed by atoms with Gasteiger partial charge in [-0.15, -0.1) is 0 Å². The number of hydrogen-bond donors (Lipinski definition) is 1. The lowest BCUT2D eigenvalue weighted by Crippen LogP contribution is -2.35. The van der Waals surface area contributed by atoms with Gasteiger partial charge < -0.3 is 15.0 Å². The average molecular weight is 366 g/mol. The summed E-state index contributed by atoms with van der Waals surface area (Å²) < 4.78 is 4.68. The number of nitrogens with zero attached hydrogens (tertiary/aromatic N) is 1. The highest BCUT2D eigenvalue weighted by Crippen LogP contribution is 2.22. The second-order valence-corrected chi connectivity index (χ2v) is 6.43. The molecule has 0 bridgehead atoms. The van der Waals surface area contributed by atoms with Crippen LogP contribution in [0.1, 0.15) is 45.5 Å². The van der Waals surface area contributed by atoms with E-state index in [-0.39, 0.29) is 11.8 Å². The van der Waals surface area contributed by atoms with E-state index in [0.717, 1.165) is 30.6 Å². The third-order valence-corrected chi connectivity index (χ3v) is 4.54. The van der Waals surface area contributed by atoms with Gasteiger partial charge in [-0.1, -0.05) is 18.2 Å². The van der Waals surface area contributed by atoms with E-state index < -0.39 is 5.97 Å². The van der Waals surface area contributed by atoms with Crippen LogP contribution in [0, 0.1) is 0 Å². The molecule has 1 N–H and O–H groups in total. The van der Waals surface area contributed by atoms with E-state index in [1.807, 2.05) is 24.3 Å². The molecule has 0 aromatic heterocycles. The first-order valence-corrected chi connectivity index (χ1v) is 8.94. The number of piperidine rings is 1. The SMILES string of the molecule is COC(=O)c1cccc(C(=O)NCc2cccc(N3CCCCC3=O)c2)c1.